The first-order chi connectivity index (χ1) is 27.4. The molecule has 0 radical (unpaired) electrons. The van der Waals surface area contributed by atoms with Crippen LogP contribution in [0.3, 0.4) is 0 Å². The van der Waals surface area contributed by atoms with Gasteiger partial charge in [0.05, 0.1) is 6.67 Å². The zero-order valence-corrected chi connectivity index (χ0v) is 32.9. The summed E-state index contributed by atoms with van der Waals surface area (Å²) in [6.07, 6.45) is 0. The van der Waals surface area contributed by atoms with Gasteiger partial charge < -0.3 is 49.8 Å². The molecule has 4 N–H and O–H groups in total. The summed E-state index contributed by atoms with van der Waals surface area (Å²) >= 11 is 0. The summed E-state index contributed by atoms with van der Waals surface area (Å²) in [5, 5.41) is 42.0. The SMILES string of the molecule is CN(Cc1ccccc1O)c1nc(N(C)Cc2ccccc2O)nc(N(C)CN(C)c2nc(N(C)Cc3ccccc3O)nc(N(C)Cc3ccccc3O)n2)n1. The Morgan fingerprint density at radius 2 is 0.509 bits per heavy atom. The topological polar surface area (TPSA) is 178 Å². The van der Waals surface area contributed by atoms with Gasteiger partial charge in [0.1, 0.15) is 23.0 Å². The second kappa shape index (κ2) is 17.6. The van der Waals surface area contributed by atoms with Crippen LogP contribution >= 0.6 is 0 Å². The fourth-order valence-corrected chi connectivity index (χ4v) is 6.04. The van der Waals surface area contributed by atoms with E-state index < -0.39 is 0 Å². The summed E-state index contributed by atoms with van der Waals surface area (Å²) in [7, 11) is 11.1. The van der Waals surface area contributed by atoms with Crippen LogP contribution in [0.2, 0.25) is 0 Å². The third kappa shape index (κ3) is 9.77. The first-order valence-corrected chi connectivity index (χ1v) is 18.2. The Bertz CT molecular complexity index is 1990. The number of aromatic hydroxyl groups is 4. The van der Waals surface area contributed by atoms with E-state index in [9.17, 15) is 20.4 Å². The first kappa shape index (κ1) is 39.6. The lowest BCUT2D eigenvalue weighted by atomic mass is 10.2. The van der Waals surface area contributed by atoms with Gasteiger partial charge in [0, 0.05) is 90.7 Å². The molecule has 16 nitrogen and oxygen atoms in total. The minimum Gasteiger partial charge on any atom is -0.508 e. The summed E-state index contributed by atoms with van der Waals surface area (Å²) < 4.78 is 0. The van der Waals surface area contributed by atoms with Crippen molar-refractivity contribution in [3.63, 3.8) is 0 Å². The molecular formula is C41H48N12O4. The van der Waals surface area contributed by atoms with Gasteiger partial charge in [0.2, 0.25) is 35.7 Å². The highest BCUT2D eigenvalue weighted by Gasteiger charge is 2.22. The molecule has 0 aliphatic carbocycles. The monoisotopic (exact) mass is 772 g/mol. The van der Waals surface area contributed by atoms with E-state index in [2.05, 4.69) is 0 Å². The van der Waals surface area contributed by atoms with Crippen LogP contribution in [0.5, 0.6) is 23.0 Å². The van der Waals surface area contributed by atoms with Crippen molar-refractivity contribution in [2.24, 2.45) is 0 Å². The molecule has 296 valence electrons. The average Bonchev–Trinajstić information content (AvgIpc) is 3.20. The number of para-hydroxylation sites is 4. The predicted octanol–water partition coefficient (Wildman–Crippen LogP) is 4.95. The summed E-state index contributed by atoms with van der Waals surface area (Å²) in [5.41, 5.74) is 2.84. The summed E-state index contributed by atoms with van der Waals surface area (Å²) in [5.74, 6) is 2.89. The molecule has 0 saturated carbocycles. The lowest BCUT2D eigenvalue weighted by molar-refractivity contribution is 0.467. The molecular weight excluding hydrogens is 725 g/mol. The lowest BCUT2D eigenvalue weighted by Crippen LogP contribution is -2.36. The molecule has 6 rings (SSSR count). The number of phenols is 4. The molecule has 57 heavy (non-hydrogen) atoms. The Morgan fingerprint density at radius 1 is 0.316 bits per heavy atom. The second-order valence-corrected chi connectivity index (χ2v) is 13.9. The first-order valence-electron chi connectivity index (χ1n) is 18.2. The van der Waals surface area contributed by atoms with Crippen molar-refractivity contribution < 1.29 is 20.4 Å². The van der Waals surface area contributed by atoms with E-state index in [4.69, 9.17) is 29.9 Å². The minimum atomic E-state index is 0.169. The Hall–Kier alpha value is -7.10. The number of hydrogen-bond acceptors (Lipinski definition) is 16. The van der Waals surface area contributed by atoms with Gasteiger partial charge in [-0.05, 0) is 24.3 Å². The van der Waals surface area contributed by atoms with E-state index in [1.807, 2.05) is 120 Å². The largest absolute Gasteiger partial charge is 0.508 e. The van der Waals surface area contributed by atoms with Crippen molar-refractivity contribution in [1.29, 1.82) is 0 Å². The summed E-state index contributed by atoms with van der Waals surface area (Å²) in [6, 6.07) is 28.5. The van der Waals surface area contributed by atoms with Gasteiger partial charge in [-0.1, -0.05) is 72.8 Å². The number of hydrogen-bond donors (Lipinski definition) is 4. The zero-order chi connectivity index (χ0) is 40.6. The van der Waals surface area contributed by atoms with Gasteiger partial charge in [0.15, 0.2) is 0 Å². The van der Waals surface area contributed by atoms with Crippen LogP contribution in [-0.2, 0) is 26.2 Å². The van der Waals surface area contributed by atoms with Gasteiger partial charge in [0.25, 0.3) is 0 Å². The Morgan fingerprint density at radius 3 is 0.719 bits per heavy atom. The van der Waals surface area contributed by atoms with E-state index in [0.717, 1.165) is 0 Å². The maximum atomic E-state index is 10.5. The predicted molar refractivity (Wildman–Crippen MR) is 222 cm³/mol. The van der Waals surface area contributed by atoms with E-state index in [0.29, 0.717) is 84.1 Å². The summed E-state index contributed by atoms with van der Waals surface area (Å²) in [6.45, 7) is 1.58. The Labute approximate surface area is 332 Å². The second-order valence-electron chi connectivity index (χ2n) is 13.9. The van der Waals surface area contributed by atoms with Gasteiger partial charge in [-0.3, -0.25) is 0 Å². The number of anilines is 6. The molecule has 0 spiro atoms. The molecule has 0 amide bonds. The molecule has 4 aromatic carbocycles. The summed E-state index contributed by atoms with van der Waals surface area (Å²) in [4.78, 5) is 40.0. The third-order valence-corrected chi connectivity index (χ3v) is 9.27. The van der Waals surface area contributed by atoms with E-state index in [-0.39, 0.29) is 29.7 Å². The molecule has 0 saturated heterocycles. The molecule has 0 unspecified atom stereocenters. The number of aromatic nitrogens is 6. The van der Waals surface area contributed by atoms with Crippen molar-refractivity contribution in [2.75, 3.05) is 78.4 Å². The van der Waals surface area contributed by atoms with Crippen LogP contribution < -0.4 is 29.4 Å². The smallest absolute Gasteiger partial charge is 0.233 e. The molecule has 16 heteroatoms. The highest BCUT2D eigenvalue weighted by molar-refractivity contribution is 5.51. The van der Waals surface area contributed by atoms with E-state index >= 15 is 0 Å². The molecule has 0 aliphatic heterocycles. The van der Waals surface area contributed by atoms with Crippen molar-refractivity contribution in [3.05, 3.63) is 119 Å². The van der Waals surface area contributed by atoms with Crippen LogP contribution in [0.25, 0.3) is 0 Å². The quantitative estimate of drug-likeness (QED) is 0.0971. The fourth-order valence-electron chi connectivity index (χ4n) is 6.04. The number of benzene rings is 4. The molecule has 0 fully saturated rings. The zero-order valence-electron chi connectivity index (χ0n) is 32.9. The number of phenolic OH excluding ortho intramolecular Hbond substituents is 4. The van der Waals surface area contributed by atoms with Crippen LogP contribution in [0.4, 0.5) is 35.7 Å². The van der Waals surface area contributed by atoms with Crippen LogP contribution in [0, 0.1) is 0 Å². The fraction of sp³-hybridized carbons (Fsp3) is 0.268. The number of nitrogens with zero attached hydrogens (tertiary/aromatic N) is 12. The lowest BCUT2D eigenvalue weighted by Gasteiger charge is -2.28. The molecule has 2 heterocycles. The Balaban J connectivity index is 1.31. The standard InChI is InChI=1S/C41H48N12O4/c1-48(23-28-15-7-11-19-32(28)54)36-42-37(49(2)24-29-16-8-12-20-33(29)55)45-40(44-36)52(5)27-53(6)41-46-38(50(3)25-30-17-9-13-21-34(30)56)43-39(47-41)51(4)26-31-18-10-14-22-35(31)57/h7-22,54-57H,23-27H2,1-6H3. The normalized spacial score (nSPS) is 10.9. The van der Waals surface area contributed by atoms with Gasteiger partial charge in [-0.2, -0.15) is 29.9 Å². The maximum absolute atomic E-state index is 10.5. The van der Waals surface area contributed by atoms with Crippen molar-refractivity contribution in [2.45, 2.75) is 26.2 Å². The molecule has 6 aromatic rings. The minimum absolute atomic E-state index is 0.169. The Kier molecular flexibility index (Phi) is 12.2. The van der Waals surface area contributed by atoms with Gasteiger partial charge in [-0.25, -0.2) is 0 Å². The number of rotatable bonds is 16. The van der Waals surface area contributed by atoms with Crippen molar-refractivity contribution >= 4 is 35.7 Å². The van der Waals surface area contributed by atoms with E-state index in [1.54, 1.807) is 48.5 Å². The van der Waals surface area contributed by atoms with Gasteiger partial charge >= 0.3 is 0 Å². The van der Waals surface area contributed by atoms with Crippen LogP contribution in [0.1, 0.15) is 22.3 Å². The molecule has 0 atom stereocenters. The molecule has 0 aliphatic rings. The molecule has 2 aromatic heterocycles. The van der Waals surface area contributed by atoms with E-state index in [1.165, 1.54) is 0 Å². The van der Waals surface area contributed by atoms with Crippen LogP contribution in [0.15, 0.2) is 97.1 Å². The highest BCUT2D eigenvalue weighted by atomic mass is 16.3. The van der Waals surface area contributed by atoms with Crippen molar-refractivity contribution in [1.82, 2.24) is 29.9 Å². The highest BCUT2D eigenvalue weighted by Crippen LogP contribution is 2.27. The van der Waals surface area contributed by atoms with Gasteiger partial charge in [-0.15, -0.1) is 0 Å². The maximum Gasteiger partial charge on any atom is 0.233 e. The average molecular weight is 773 g/mol. The third-order valence-electron chi connectivity index (χ3n) is 9.27. The molecule has 0 bridgehead atoms. The van der Waals surface area contributed by atoms with Crippen molar-refractivity contribution in [3.8, 4) is 23.0 Å². The van der Waals surface area contributed by atoms with Crippen LogP contribution in [-0.4, -0.2) is 99.3 Å².